The predicted octanol–water partition coefficient (Wildman–Crippen LogP) is 2.31. The number of amides is 1. The van der Waals surface area contributed by atoms with E-state index in [-0.39, 0.29) is 5.91 Å². The molecule has 88 valence electrons. The number of hydrogen-bond donors (Lipinski definition) is 2. The lowest BCUT2D eigenvalue weighted by molar-refractivity contribution is -0.117. The second-order valence-electron chi connectivity index (χ2n) is 3.93. The molecule has 3 nitrogen and oxygen atoms in total. The topological polar surface area (TPSA) is 55.1 Å². The van der Waals surface area contributed by atoms with Crippen LogP contribution in [0.25, 0.3) is 0 Å². The van der Waals surface area contributed by atoms with Crippen molar-refractivity contribution in [3.05, 3.63) is 29.8 Å². The Morgan fingerprint density at radius 1 is 1.31 bits per heavy atom. The van der Waals surface area contributed by atoms with Gasteiger partial charge in [0.2, 0.25) is 5.91 Å². The van der Waals surface area contributed by atoms with Gasteiger partial charge in [-0.15, -0.1) is 0 Å². The van der Waals surface area contributed by atoms with E-state index in [1.54, 1.807) is 0 Å². The Hall–Kier alpha value is -1.35. The summed E-state index contributed by atoms with van der Waals surface area (Å²) >= 11 is 0. The van der Waals surface area contributed by atoms with E-state index in [4.69, 9.17) is 5.73 Å². The third-order valence-electron chi connectivity index (χ3n) is 2.57. The Kier molecular flexibility index (Phi) is 4.99. The Morgan fingerprint density at radius 2 is 1.94 bits per heavy atom. The van der Waals surface area contributed by atoms with Gasteiger partial charge in [0.1, 0.15) is 0 Å². The van der Waals surface area contributed by atoms with Gasteiger partial charge in [0.15, 0.2) is 0 Å². The second-order valence-corrected chi connectivity index (χ2v) is 3.93. The van der Waals surface area contributed by atoms with Gasteiger partial charge in [0.05, 0.1) is 6.04 Å². The van der Waals surface area contributed by atoms with E-state index in [2.05, 4.69) is 12.2 Å². The molecule has 0 aromatic heterocycles. The minimum atomic E-state index is -0.407. The zero-order valence-electron chi connectivity index (χ0n) is 9.99. The summed E-state index contributed by atoms with van der Waals surface area (Å²) in [7, 11) is 0. The maximum atomic E-state index is 11.6. The first-order valence-corrected chi connectivity index (χ1v) is 5.82. The van der Waals surface area contributed by atoms with Gasteiger partial charge in [0.25, 0.3) is 0 Å². The van der Waals surface area contributed by atoms with Gasteiger partial charge in [-0.3, -0.25) is 4.79 Å². The SMILES string of the molecule is CCC[C@H](N)C(=O)Nc1ccc(CC)cc1. The van der Waals surface area contributed by atoms with Crippen LogP contribution in [0.1, 0.15) is 32.3 Å². The Labute approximate surface area is 97.0 Å². The van der Waals surface area contributed by atoms with Gasteiger partial charge in [-0.25, -0.2) is 0 Å². The maximum Gasteiger partial charge on any atom is 0.241 e. The van der Waals surface area contributed by atoms with Crippen molar-refractivity contribution in [3.8, 4) is 0 Å². The first-order valence-electron chi connectivity index (χ1n) is 5.82. The number of anilines is 1. The van der Waals surface area contributed by atoms with Crippen LogP contribution in [0.15, 0.2) is 24.3 Å². The van der Waals surface area contributed by atoms with Crippen molar-refractivity contribution in [2.24, 2.45) is 5.73 Å². The largest absolute Gasteiger partial charge is 0.325 e. The molecule has 3 heteroatoms. The second kappa shape index (κ2) is 6.28. The van der Waals surface area contributed by atoms with Gasteiger partial charge in [-0.2, -0.15) is 0 Å². The highest BCUT2D eigenvalue weighted by Crippen LogP contribution is 2.10. The van der Waals surface area contributed by atoms with Crippen molar-refractivity contribution in [3.63, 3.8) is 0 Å². The molecular weight excluding hydrogens is 200 g/mol. The van der Waals surface area contributed by atoms with Crippen LogP contribution in [0, 0.1) is 0 Å². The van der Waals surface area contributed by atoms with Crippen LogP contribution in [0.2, 0.25) is 0 Å². The average Bonchev–Trinajstić information content (AvgIpc) is 2.30. The van der Waals surface area contributed by atoms with E-state index in [9.17, 15) is 4.79 Å². The molecule has 1 atom stereocenters. The summed E-state index contributed by atoms with van der Waals surface area (Å²) in [5, 5.41) is 2.81. The van der Waals surface area contributed by atoms with Crippen LogP contribution in [0.5, 0.6) is 0 Å². The van der Waals surface area contributed by atoms with Gasteiger partial charge >= 0.3 is 0 Å². The van der Waals surface area contributed by atoms with Crippen molar-refractivity contribution < 1.29 is 4.79 Å². The fourth-order valence-corrected chi connectivity index (χ4v) is 1.50. The molecule has 16 heavy (non-hydrogen) atoms. The highest BCUT2D eigenvalue weighted by atomic mass is 16.2. The molecule has 0 unspecified atom stereocenters. The first kappa shape index (κ1) is 12.7. The molecule has 0 radical (unpaired) electrons. The quantitative estimate of drug-likeness (QED) is 0.800. The molecule has 3 N–H and O–H groups in total. The van der Waals surface area contributed by atoms with Crippen molar-refractivity contribution in [2.75, 3.05) is 5.32 Å². The van der Waals surface area contributed by atoms with E-state index in [0.717, 1.165) is 24.9 Å². The normalized spacial score (nSPS) is 12.2. The van der Waals surface area contributed by atoms with Crippen molar-refractivity contribution >= 4 is 11.6 Å². The maximum absolute atomic E-state index is 11.6. The zero-order chi connectivity index (χ0) is 12.0. The number of nitrogens with two attached hydrogens (primary N) is 1. The van der Waals surface area contributed by atoms with Gasteiger partial charge in [-0.05, 0) is 30.5 Å². The summed E-state index contributed by atoms with van der Waals surface area (Å²) in [4.78, 5) is 11.6. The number of benzene rings is 1. The molecule has 0 bridgehead atoms. The van der Waals surface area contributed by atoms with Crippen LogP contribution >= 0.6 is 0 Å². The van der Waals surface area contributed by atoms with Crippen molar-refractivity contribution in [1.29, 1.82) is 0 Å². The molecule has 1 rings (SSSR count). The van der Waals surface area contributed by atoms with E-state index in [0.29, 0.717) is 0 Å². The summed E-state index contributed by atoms with van der Waals surface area (Å²) in [5.41, 5.74) is 7.79. The molecule has 0 heterocycles. The van der Waals surface area contributed by atoms with E-state index < -0.39 is 6.04 Å². The van der Waals surface area contributed by atoms with Gasteiger partial charge in [0, 0.05) is 5.69 Å². The molecule has 0 aliphatic carbocycles. The van der Waals surface area contributed by atoms with Crippen LogP contribution in [-0.4, -0.2) is 11.9 Å². The minimum Gasteiger partial charge on any atom is -0.325 e. The average molecular weight is 220 g/mol. The molecule has 0 saturated carbocycles. The molecule has 0 fully saturated rings. The molecule has 0 spiro atoms. The van der Waals surface area contributed by atoms with E-state index in [1.165, 1.54) is 5.56 Å². The number of aryl methyl sites for hydroxylation is 1. The first-order chi connectivity index (χ1) is 7.67. The van der Waals surface area contributed by atoms with Gasteiger partial charge < -0.3 is 11.1 Å². The highest BCUT2D eigenvalue weighted by molar-refractivity contribution is 5.94. The smallest absolute Gasteiger partial charge is 0.241 e. The Morgan fingerprint density at radius 3 is 2.44 bits per heavy atom. The monoisotopic (exact) mass is 220 g/mol. The van der Waals surface area contributed by atoms with Crippen LogP contribution in [0.4, 0.5) is 5.69 Å². The lowest BCUT2D eigenvalue weighted by Gasteiger charge is -2.11. The van der Waals surface area contributed by atoms with Crippen LogP contribution < -0.4 is 11.1 Å². The Bertz CT molecular complexity index is 332. The summed E-state index contributed by atoms with van der Waals surface area (Å²) < 4.78 is 0. The lowest BCUT2D eigenvalue weighted by atomic mass is 10.1. The summed E-state index contributed by atoms with van der Waals surface area (Å²) in [6, 6.07) is 7.45. The number of nitrogens with one attached hydrogen (secondary N) is 1. The number of carbonyl (C=O) groups is 1. The molecule has 0 saturated heterocycles. The van der Waals surface area contributed by atoms with Crippen LogP contribution in [-0.2, 0) is 11.2 Å². The number of hydrogen-bond acceptors (Lipinski definition) is 2. The summed E-state index contributed by atoms with van der Waals surface area (Å²) in [6.07, 6.45) is 2.64. The van der Waals surface area contributed by atoms with E-state index in [1.807, 2.05) is 31.2 Å². The molecule has 1 aromatic rings. The van der Waals surface area contributed by atoms with Crippen LogP contribution in [0.3, 0.4) is 0 Å². The van der Waals surface area contributed by atoms with Gasteiger partial charge in [-0.1, -0.05) is 32.4 Å². The van der Waals surface area contributed by atoms with E-state index >= 15 is 0 Å². The molecular formula is C13H20N2O. The summed E-state index contributed by atoms with van der Waals surface area (Å²) in [6.45, 7) is 4.12. The molecule has 0 aliphatic rings. The van der Waals surface area contributed by atoms with Crippen molar-refractivity contribution in [1.82, 2.24) is 0 Å². The Balaban J connectivity index is 2.55. The minimum absolute atomic E-state index is 0.105. The summed E-state index contributed by atoms with van der Waals surface area (Å²) in [5.74, 6) is -0.105. The molecule has 1 amide bonds. The fraction of sp³-hybridized carbons (Fsp3) is 0.462. The number of carbonyl (C=O) groups excluding carboxylic acids is 1. The standard InChI is InChI=1S/C13H20N2O/c1-3-5-12(14)13(16)15-11-8-6-10(4-2)7-9-11/h6-9,12H,3-5,14H2,1-2H3,(H,15,16)/t12-/m0/s1. The zero-order valence-corrected chi connectivity index (χ0v) is 9.99. The fourth-order valence-electron chi connectivity index (χ4n) is 1.50. The third-order valence-corrected chi connectivity index (χ3v) is 2.57. The molecule has 1 aromatic carbocycles. The number of rotatable bonds is 5. The third kappa shape index (κ3) is 3.66. The lowest BCUT2D eigenvalue weighted by Crippen LogP contribution is -2.35. The highest BCUT2D eigenvalue weighted by Gasteiger charge is 2.11. The molecule has 0 aliphatic heterocycles. The predicted molar refractivity (Wildman–Crippen MR) is 67.3 cm³/mol. The van der Waals surface area contributed by atoms with Crippen molar-refractivity contribution in [2.45, 2.75) is 39.2 Å².